The molecule has 1 aliphatic heterocycles. The summed E-state index contributed by atoms with van der Waals surface area (Å²) in [6, 6.07) is 9.31. The van der Waals surface area contributed by atoms with Crippen LogP contribution in [0.2, 0.25) is 15.1 Å². The molecule has 1 N–H and O–H groups in total. The molecule has 11 heteroatoms. The maximum Gasteiger partial charge on any atom is 0.339 e. The predicted octanol–water partition coefficient (Wildman–Crippen LogP) is 5.00. The first-order valence-corrected chi connectivity index (χ1v) is 13.0. The van der Waals surface area contributed by atoms with E-state index in [2.05, 4.69) is 5.32 Å². The molecule has 0 radical (unpaired) electrons. The Bertz CT molecular complexity index is 1150. The first-order valence-electron chi connectivity index (χ1n) is 10.3. The highest BCUT2D eigenvalue weighted by molar-refractivity contribution is 7.88. The molecule has 1 heterocycles. The number of hydrogen-bond donors (Lipinski definition) is 1. The Balaban J connectivity index is 1.59. The van der Waals surface area contributed by atoms with Gasteiger partial charge in [0.1, 0.15) is 0 Å². The molecular weight excluding hydrogens is 511 g/mol. The number of rotatable bonds is 7. The number of carbonyl (C=O) groups is 2. The van der Waals surface area contributed by atoms with Crippen molar-refractivity contribution in [2.24, 2.45) is 5.92 Å². The van der Waals surface area contributed by atoms with Gasteiger partial charge in [-0.3, -0.25) is 4.79 Å². The zero-order valence-corrected chi connectivity index (χ0v) is 20.9. The van der Waals surface area contributed by atoms with Gasteiger partial charge >= 0.3 is 5.97 Å². The van der Waals surface area contributed by atoms with E-state index in [0.29, 0.717) is 34.1 Å². The minimum Gasteiger partial charge on any atom is -0.462 e. The quantitative estimate of drug-likeness (QED) is 0.505. The number of anilines is 1. The van der Waals surface area contributed by atoms with Crippen molar-refractivity contribution in [1.29, 1.82) is 0 Å². The van der Waals surface area contributed by atoms with E-state index >= 15 is 0 Å². The van der Waals surface area contributed by atoms with Gasteiger partial charge in [-0.1, -0.05) is 40.9 Å². The summed E-state index contributed by atoms with van der Waals surface area (Å²) < 4.78 is 32.0. The number of amides is 1. The third-order valence-electron chi connectivity index (χ3n) is 5.28. The fraction of sp³-hybridized carbons (Fsp3) is 0.364. The van der Waals surface area contributed by atoms with Gasteiger partial charge < -0.3 is 10.1 Å². The van der Waals surface area contributed by atoms with E-state index in [4.69, 9.17) is 39.5 Å². The number of carbonyl (C=O) groups excluding carboxylic acids is 2. The molecule has 0 aromatic heterocycles. The largest absolute Gasteiger partial charge is 0.462 e. The van der Waals surface area contributed by atoms with Crippen LogP contribution in [0.25, 0.3) is 0 Å². The van der Waals surface area contributed by atoms with Crippen LogP contribution in [-0.2, 0) is 25.3 Å². The number of sulfonamides is 1. The molecule has 3 rings (SSSR count). The summed E-state index contributed by atoms with van der Waals surface area (Å²) >= 11 is 17.9. The van der Waals surface area contributed by atoms with Gasteiger partial charge in [-0.15, -0.1) is 0 Å². The Kier molecular flexibility index (Phi) is 8.64. The highest BCUT2D eigenvalue weighted by Crippen LogP contribution is 2.27. The fourth-order valence-corrected chi connectivity index (χ4v) is 5.61. The minimum absolute atomic E-state index is 0.166. The van der Waals surface area contributed by atoms with Crippen molar-refractivity contribution in [2.45, 2.75) is 25.5 Å². The molecule has 2 aromatic rings. The molecule has 33 heavy (non-hydrogen) atoms. The van der Waals surface area contributed by atoms with Crippen LogP contribution in [0, 0.1) is 5.92 Å². The molecule has 0 atom stereocenters. The molecule has 1 amide bonds. The highest BCUT2D eigenvalue weighted by atomic mass is 35.5. The van der Waals surface area contributed by atoms with Crippen LogP contribution in [0.1, 0.15) is 35.7 Å². The maximum atomic E-state index is 12.8. The lowest BCUT2D eigenvalue weighted by atomic mass is 9.97. The predicted molar refractivity (Wildman–Crippen MR) is 129 cm³/mol. The van der Waals surface area contributed by atoms with Gasteiger partial charge in [-0.2, -0.15) is 0 Å². The number of hydrogen-bond acceptors (Lipinski definition) is 5. The van der Waals surface area contributed by atoms with E-state index in [0.717, 1.165) is 0 Å². The normalized spacial score (nSPS) is 15.3. The third-order valence-corrected chi connectivity index (χ3v) is 8.20. The zero-order chi connectivity index (χ0) is 24.2. The first kappa shape index (κ1) is 25.8. The van der Waals surface area contributed by atoms with Gasteiger partial charge in [-0.25, -0.2) is 17.5 Å². The Labute approximate surface area is 208 Å². The lowest BCUT2D eigenvalue weighted by Crippen LogP contribution is -2.41. The monoisotopic (exact) mass is 532 g/mol. The average molecular weight is 534 g/mol. The van der Waals surface area contributed by atoms with Crippen molar-refractivity contribution < 1.29 is 22.7 Å². The van der Waals surface area contributed by atoms with Gasteiger partial charge in [0.25, 0.3) is 0 Å². The summed E-state index contributed by atoms with van der Waals surface area (Å²) in [5, 5.41) is 3.67. The number of piperidine rings is 1. The third kappa shape index (κ3) is 6.61. The van der Waals surface area contributed by atoms with Crippen molar-refractivity contribution in [3.63, 3.8) is 0 Å². The van der Waals surface area contributed by atoms with Gasteiger partial charge in [0.05, 0.1) is 33.0 Å². The summed E-state index contributed by atoms with van der Waals surface area (Å²) in [7, 11) is -3.57. The first-order chi connectivity index (χ1) is 15.6. The maximum absolute atomic E-state index is 12.8. The van der Waals surface area contributed by atoms with E-state index < -0.39 is 16.0 Å². The molecule has 0 unspecified atom stereocenters. The van der Waals surface area contributed by atoms with Gasteiger partial charge in [-0.05, 0) is 55.7 Å². The number of esters is 1. The summed E-state index contributed by atoms with van der Waals surface area (Å²) in [6.45, 7) is 2.36. The van der Waals surface area contributed by atoms with E-state index in [1.54, 1.807) is 25.1 Å². The number of nitrogens with one attached hydrogen (secondary N) is 1. The second-order valence-corrected chi connectivity index (χ2v) is 10.8. The highest BCUT2D eigenvalue weighted by Gasteiger charge is 2.31. The SMILES string of the molecule is CCOC(=O)c1cc(NC(=O)C2CCN(S(=O)(=O)Cc3ccc(Cl)c(Cl)c3)CC2)ccc1Cl. The van der Waals surface area contributed by atoms with E-state index in [1.165, 1.54) is 22.5 Å². The summed E-state index contributed by atoms with van der Waals surface area (Å²) in [5.41, 5.74) is 1.13. The summed E-state index contributed by atoms with van der Waals surface area (Å²) in [6.07, 6.45) is 0.759. The van der Waals surface area contributed by atoms with E-state index in [-0.39, 0.29) is 47.9 Å². The second-order valence-electron chi connectivity index (χ2n) is 7.58. The van der Waals surface area contributed by atoms with Crippen molar-refractivity contribution in [3.8, 4) is 0 Å². The molecule has 0 bridgehead atoms. The summed E-state index contributed by atoms with van der Waals surface area (Å²) in [5.74, 6) is -1.36. The van der Waals surface area contributed by atoms with E-state index in [1.807, 2.05) is 0 Å². The van der Waals surface area contributed by atoms with Crippen LogP contribution in [-0.4, -0.2) is 44.3 Å². The topological polar surface area (TPSA) is 92.8 Å². The van der Waals surface area contributed by atoms with Crippen LogP contribution in [0.15, 0.2) is 36.4 Å². The zero-order valence-electron chi connectivity index (χ0n) is 17.8. The Morgan fingerprint density at radius 2 is 1.70 bits per heavy atom. The molecule has 0 aliphatic carbocycles. The lowest BCUT2D eigenvalue weighted by Gasteiger charge is -2.30. The van der Waals surface area contributed by atoms with Crippen LogP contribution in [0.3, 0.4) is 0 Å². The Morgan fingerprint density at radius 1 is 1.03 bits per heavy atom. The number of nitrogens with zero attached hydrogens (tertiary/aromatic N) is 1. The second kappa shape index (κ2) is 11.1. The molecule has 1 saturated heterocycles. The molecule has 1 aliphatic rings. The lowest BCUT2D eigenvalue weighted by molar-refractivity contribution is -0.120. The molecule has 1 fully saturated rings. The van der Waals surface area contributed by atoms with Crippen molar-refractivity contribution in [1.82, 2.24) is 4.31 Å². The van der Waals surface area contributed by atoms with Crippen LogP contribution in [0.4, 0.5) is 5.69 Å². The van der Waals surface area contributed by atoms with Crippen LogP contribution >= 0.6 is 34.8 Å². The molecule has 0 saturated carbocycles. The van der Waals surface area contributed by atoms with E-state index in [9.17, 15) is 18.0 Å². The smallest absolute Gasteiger partial charge is 0.339 e. The van der Waals surface area contributed by atoms with Crippen LogP contribution in [0.5, 0.6) is 0 Å². The minimum atomic E-state index is -3.57. The average Bonchev–Trinajstić information content (AvgIpc) is 2.77. The van der Waals surface area contributed by atoms with Gasteiger partial charge in [0.2, 0.25) is 15.9 Å². The molecule has 2 aromatic carbocycles. The summed E-state index contributed by atoms with van der Waals surface area (Å²) in [4.78, 5) is 24.7. The molecular formula is C22H23Cl3N2O5S. The van der Waals surface area contributed by atoms with Crippen molar-refractivity contribution in [3.05, 3.63) is 62.6 Å². The van der Waals surface area contributed by atoms with Crippen molar-refractivity contribution in [2.75, 3.05) is 25.0 Å². The van der Waals surface area contributed by atoms with Crippen molar-refractivity contribution >= 4 is 62.4 Å². The number of benzene rings is 2. The molecule has 178 valence electrons. The Hall–Kier alpha value is -1.84. The standard InChI is InChI=1S/C22H23Cl3N2O5S/c1-2-32-22(29)17-12-16(4-6-18(17)23)26-21(28)15-7-9-27(10-8-15)33(30,31)13-14-3-5-19(24)20(25)11-14/h3-6,11-12,15H,2,7-10,13H2,1H3,(H,26,28). The number of halogens is 3. The number of ether oxygens (including phenoxy) is 1. The van der Waals surface area contributed by atoms with Gasteiger partial charge in [0, 0.05) is 24.7 Å². The van der Waals surface area contributed by atoms with Crippen LogP contribution < -0.4 is 5.32 Å². The molecule has 0 spiro atoms. The fourth-order valence-electron chi connectivity index (χ4n) is 3.54. The Morgan fingerprint density at radius 3 is 2.33 bits per heavy atom. The van der Waals surface area contributed by atoms with Gasteiger partial charge in [0.15, 0.2) is 0 Å². The molecule has 7 nitrogen and oxygen atoms in total.